The molecule has 1 fully saturated rings. The number of aryl methyl sites for hydroxylation is 1. The van der Waals surface area contributed by atoms with Crippen molar-refractivity contribution in [3.63, 3.8) is 0 Å². The Balaban J connectivity index is 1.53. The molecule has 29 heavy (non-hydrogen) atoms. The van der Waals surface area contributed by atoms with E-state index >= 15 is 0 Å². The molecule has 0 atom stereocenters. The van der Waals surface area contributed by atoms with Crippen molar-refractivity contribution >= 4 is 33.4 Å². The van der Waals surface area contributed by atoms with E-state index in [0.717, 1.165) is 24.1 Å². The third kappa shape index (κ3) is 4.08. The average molecular weight is 414 g/mol. The lowest BCUT2D eigenvalue weighted by Gasteiger charge is -2.16. The molecule has 3 heterocycles. The number of benzene rings is 1. The molecule has 9 nitrogen and oxygen atoms in total. The van der Waals surface area contributed by atoms with Crippen molar-refractivity contribution in [3.8, 4) is 0 Å². The molecule has 0 saturated carbocycles. The van der Waals surface area contributed by atoms with Crippen LogP contribution in [0, 0.1) is 13.8 Å². The first kappa shape index (κ1) is 19.3. The smallest absolute Gasteiger partial charge is 0.243 e. The number of rotatable bonds is 6. The third-order valence-corrected chi connectivity index (χ3v) is 6.74. The van der Waals surface area contributed by atoms with E-state index < -0.39 is 10.0 Å². The van der Waals surface area contributed by atoms with Gasteiger partial charge in [-0.15, -0.1) is 0 Å². The van der Waals surface area contributed by atoms with Gasteiger partial charge < -0.3 is 15.2 Å². The molecule has 0 spiro atoms. The van der Waals surface area contributed by atoms with E-state index in [1.807, 2.05) is 13.8 Å². The molecule has 3 aromatic rings. The van der Waals surface area contributed by atoms with Crippen LogP contribution in [0.2, 0.25) is 0 Å². The zero-order chi connectivity index (χ0) is 20.4. The second-order valence-electron chi connectivity index (χ2n) is 6.88. The number of aromatic nitrogens is 3. The number of hydrogen-bond donors (Lipinski definition) is 2. The van der Waals surface area contributed by atoms with Crippen molar-refractivity contribution in [3.05, 3.63) is 47.8 Å². The Morgan fingerprint density at radius 2 is 1.90 bits per heavy atom. The summed E-state index contributed by atoms with van der Waals surface area (Å²) < 4.78 is 32.3. The van der Waals surface area contributed by atoms with Crippen LogP contribution < -0.4 is 10.6 Å². The number of nitrogens with zero attached hydrogens (tertiary/aromatic N) is 4. The lowest BCUT2D eigenvalue weighted by Crippen LogP contribution is -2.27. The first-order chi connectivity index (χ1) is 13.9. The van der Waals surface area contributed by atoms with Crippen LogP contribution >= 0.6 is 0 Å². The highest BCUT2D eigenvalue weighted by atomic mass is 32.2. The van der Waals surface area contributed by atoms with Crippen molar-refractivity contribution in [2.75, 3.05) is 23.7 Å². The molecule has 4 rings (SSSR count). The minimum absolute atomic E-state index is 0.256. The van der Waals surface area contributed by atoms with Crippen molar-refractivity contribution in [1.82, 2.24) is 19.4 Å². The van der Waals surface area contributed by atoms with Gasteiger partial charge in [-0.2, -0.15) is 9.29 Å². The van der Waals surface area contributed by atoms with E-state index in [4.69, 9.17) is 4.52 Å². The van der Waals surface area contributed by atoms with Gasteiger partial charge in [0.1, 0.15) is 5.82 Å². The van der Waals surface area contributed by atoms with E-state index in [9.17, 15) is 8.42 Å². The highest BCUT2D eigenvalue weighted by Crippen LogP contribution is 2.25. The molecule has 0 radical (unpaired) electrons. The molecule has 0 unspecified atom stereocenters. The standard InChI is InChI=1S/C19H22N6O3S/c1-13-14(2)24-28-18(13)22-17-8-9-20-19(23-17)21-15-6-5-7-16(12-15)29(26,27)25-10-3-4-11-25/h5-9,12H,3-4,10-11H2,1-2H3,(H2,20,21,22,23). The second kappa shape index (κ2) is 7.80. The molecule has 1 aromatic carbocycles. The molecule has 1 aliphatic rings. The summed E-state index contributed by atoms with van der Waals surface area (Å²) in [6.07, 6.45) is 3.39. The van der Waals surface area contributed by atoms with E-state index in [1.54, 1.807) is 36.5 Å². The normalized spacial score (nSPS) is 14.8. The number of sulfonamides is 1. The van der Waals surface area contributed by atoms with Gasteiger partial charge in [0.25, 0.3) is 0 Å². The van der Waals surface area contributed by atoms with Crippen LogP contribution in [0.15, 0.2) is 45.9 Å². The maximum absolute atomic E-state index is 12.8. The second-order valence-corrected chi connectivity index (χ2v) is 8.81. The summed E-state index contributed by atoms with van der Waals surface area (Å²) in [4.78, 5) is 8.86. The zero-order valence-corrected chi connectivity index (χ0v) is 17.0. The highest BCUT2D eigenvalue weighted by Gasteiger charge is 2.27. The van der Waals surface area contributed by atoms with E-state index in [1.165, 1.54) is 4.31 Å². The van der Waals surface area contributed by atoms with Crippen LogP contribution in [-0.2, 0) is 10.0 Å². The van der Waals surface area contributed by atoms with Gasteiger partial charge in [0, 0.05) is 30.5 Å². The molecular formula is C19H22N6O3S. The molecule has 2 aromatic heterocycles. The minimum atomic E-state index is -3.48. The zero-order valence-electron chi connectivity index (χ0n) is 16.2. The molecule has 1 aliphatic heterocycles. The Labute approximate surface area is 169 Å². The summed E-state index contributed by atoms with van der Waals surface area (Å²) in [5.41, 5.74) is 2.29. The predicted octanol–water partition coefficient (Wildman–Crippen LogP) is 3.35. The van der Waals surface area contributed by atoms with E-state index in [0.29, 0.717) is 36.4 Å². The first-order valence-corrected chi connectivity index (χ1v) is 10.8. The topological polar surface area (TPSA) is 113 Å². The summed E-state index contributed by atoms with van der Waals surface area (Å²) in [5, 5.41) is 10.0. The molecular weight excluding hydrogens is 392 g/mol. The summed E-state index contributed by atoms with van der Waals surface area (Å²) in [6.45, 7) is 4.90. The van der Waals surface area contributed by atoms with Gasteiger partial charge in [0.15, 0.2) is 0 Å². The maximum Gasteiger partial charge on any atom is 0.243 e. The largest absolute Gasteiger partial charge is 0.338 e. The Morgan fingerprint density at radius 1 is 1.10 bits per heavy atom. The monoisotopic (exact) mass is 414 g/mol. The van der Waals surface area contributed by atoms with Crippen LogP contribution in [0.4, 0.5) is 23.3 Å². The minimum Gasteiger partial charge on any atom is -0.338 e. The fourth-order valence-electron chi connectivity index (χ4n) is 3.08. The van der Waals surface area contributed by atoms with Crippen molar-refractivity contribution in [2.45, 2.75) is 31.6 Å². The summed E-state index contributed by atoms with van der Waals surface area (Å²) >= 11 is 0. The fraction of sp³-hybridized carbons (Fsp3) is 0.316. The van der Waals surface area contributed by atoms with Crippen LogP contribution in [0.5, 0.6) is 0 Å². The molecule has 10 heteroatoms. The Morgan fingerprint density at radius 3 is 2.62 bits per heavy atom. The van der Waals surface area contributed by atoms with Crippen molar-refractivity contribution < 1.29 is 12.9 Å². The van der Waals surface area contributed by atoms with Gasteiger partial charge in [-0.25, -0.2) is 13.4 Å². The maximum atomic E-state index is 12.8. The van der Waals surface area contributed by atoms with E-state index in [-0.39, 0.29) is 4.90 Å². The van der Waals surface area contributed by atoms with Gasteiger partial charge in [-0.05, 0) is 51.0 Å². The van der Waals surface area contributed by atoms with Crippen molar-refractivity contribution in [2.24, 2.45) is 0 Å². The summed E-state index contributed by atoms with van der Waals surface area (Å²) in [7, 11) is -3.48. The van der Waals surface area contributed by atoms with Gasteiger partial charge >= 0.3 is 0 Å². The predicted molar refractivity (Wildman–Crippen MR) is 109 cm³/mol. The van der Waals surface area contributed by atoms with Crippen LogP contribution in [0.3, 0.4) is 0 Å². The lowest BCUT2D eigenvalue weighted by molar-refractivity contribution is 0.429. The lowest BCUT2D eigenvalue weighted by atomic mass is 10.3. The molecule has 152 valence electrons. The Bertz CT molecular complexity index is 1120. The fourth-order valence-corrected chi connectivity index (χ4v) is 4.64. The van der Waals surface area contributed by atoms with Crippen LogP contribution in [0.1, 0.15) is 24.1 Å². The number of nitrogens with one attached hydrogen (secondary N) is 2. The molecule has 0 aliphatic carbocycles. The molecule has 0 amide bonds. The van der Waals surface area contributed by atoms with Gasteiger partial charge in [-0.1, -0.05) is 11.2 Å². The Hall–Kier alpha value is -2.98. The summed E-state index contributed by atoms with van der Waals surface area (Å²) in [6, 6.07) is 8.38. The Kier molecular flexibility index (Phi) is 5.20. The van der Waals surface area contributed by atoms with Gasteiger partial charge in [-0.3, -0.25) is 0 Å². The summed E-state index contributed by atoms with van der Waals surface area (Å²) in [5.74, 6) is 1.38. The highest BCUT2D eigenvalue weighted by molar-refractivity contribution is 7.89. The van der Waals surface area contributed by atoms with Crippen LogP contribution in [-0.4, -0.2) is 40.9 Å². The SMILES string of the molecule is Cc1noc(Nc2ccnc(Nc3cccc(S(=O)(=O)N4CCCC4)c3)n2)c1C. The molecule has 1 saturated heterocycles. The molecule has 0 bridgehead atoms. The average Bonchev–Trinajstić information content (AvgIpc) is 3.36. The van der Waals surface area contributed by atoms with Gasteiger partial charge in [0.05, 0.1) is 10.6 Å². The van der Waals surface area contributed by atoms with Crippen LogP contribution in [0.25, 0.3) is 0 Å². The third-order valence-electron chi connectivity index (χ3n) is 4.85. The van der Waals surface area contributed by atoms with Gasteiger partial charge in [0.2, 0.25) is 21.9 Å². The van der Waals surface area contributed by atoms with E-state index in [2.05, 4.69) is 25.8 Å². The quantitative estimate of drug-likeness (QED) is 0.631. The number of hydrogen-bond acceptors (Lipinski definition) is 8. The number of anilines is 4. The molecule has 2 N–H and O–H groups in total. The first-order valence-electron chi connectivity index (χ1n) is 9.34. The van der Waals surface area contributed by atoms with Crippen molar-refractivity contribution in [1.29, 1.82) is 0 Å².